The highest BCUT2D eigenvalue weighted by molar-refractivity contribution is 5.42. The van der Waals surface area contributed by atoms with Crippen molar-refractivity contribution in [3.8, 4) is 23.3 Å². The third-order valence-electron chi connectivity index (χ3n) is 2.67. The average molecular weight is 270 g/mol. The van der Waals surface area contributed by atoms with E-state index in [-0.39, 0.29) is 0 Å². The van der Waals surface area contributed by atoms with Crippen molar-refractivity contribution in [3.05, 3.63) is 47.8 Å². The van der Waals surface area contributed by atoms with Crippen LogP contribution in [0, 0.1) is 11.3 Å². The molecule has 0 bridgehead atoms. The molecule has 102 valence electrons. The van der Waals surface area contributed by atoms with E-state index >= 15 is 0 Å². The van der Waals surface area contributed by atoms with E-state index in [1.54, 1.807) is 50.7 Å². The number of nitriles is 1. The first-order valence-electron chi connectivity index (χ1n) is 5.96. The Morgan fingerprint density at radius 3 is 2.30 bits per heavy atom. The van der Waals surface area contributed by atoms with Gasteiger partial charge in [-0.1, -0.05) is 0 Å². The highest BCUT2D eigenvalue weighted by atomic mass is 16.5. The summed E-state index contributed by atoms with van der Waals surface area (Å²) in [5, 5.41) is 8.80. The fourth-order valence-corrected chi connectivity index (χ4v) is 1.66. The molecule has 0 unspecified atom stereocenters. The van der Waals surface area contributed by atoms with Gasteiger partial charge in [-0.15, -0.1) is 0 Å². The lowest BCUT2D eigenvalue weighted by atomic mass is 10.2. The van der Waals surface area contributed by atoms with Gasteiger partial charge in [0.25, 0.3) is 0 Å². The van der Waals surface area contributed by atoms with E-state index < -0.39 is 0 Å². The number of hydrogen-bond acceptors (Lipinski definition) is 5. The quantitative estimate of drug-likeness (QED) is 0.835. The molecule has 1 aromatic heterocycles. The maximum Gasteiger partial charge on any atom is 0.140 e. The van der Waals surface area contributed by atoms with Crippen molar-refractivity contribution in [1.82, 2.24) is 4.98 Å². The number of methoxy groups -OCH3 is 2. The fraction of sp³-hybridized carbons (Fsp3) is 0.200. The Morgan fingerprint density at radius 2 is 1.70 bits per heavy atom. The highest BCUT2D eigenvalue weighted by Gasteiger charge is 2.04. The third-order valence-corrected chi connectivity index (χ3v) is 2.67. The molecule has 1 heterocycles. The van der Waals surface area contributed by atoms with Crippen LogP contribution in [-0.4, -0.2) is 19.2 Å². The van der Waals surface area contributed by atoms with Gasteiger partial charge in [0.2, 0.25) is 0 Å². The summed E-state index contributed by atoms with van der Waals surface area (Å²) in [6.45, 7) is 0.341. The van der Waals surface area contributed by atoms with E-state index in [1.807, 2.05) is 6.07 Å². The predicted molar refractivity (Wildman–Crippen MR) is 72.8 cm³/mol. The third kappa shape index (κ3) is 3.39. The Morgan fingerprint density at radius 1 is 1.05 bits per heavy atom. The maximum absolute atomic E-state index is 8.80. The van der Waals surface area contributed by atoms with Gasteiger partial charge in [0.1, 0.15) is 35.6 Å². The van der Waals surface area contributed by atoms with Gasteiger partial charge < -0.3 is 14.2 Å². The van der Waals surface area contributed by atoms with Crippen LogP contribution in [-0.2, 0) is 6.61 Å². The minimum atomic E-state index is 0.341. The second-order valence-corrected chi connectivity index (χ2v) is 4.00. The highest BCUT2D eigenvalue weighted by Crippen LogP contribution is 2.27. The molecule has 0 fully saturated rings. The number of nitrogens with zero attached hydrogens (tertiary/aromatic N) is 2. The molecular weight excluding hydrogens is 256 g/mol. The van der Waals surface area contributed by atoms with Crippen LogP contribution in [0.3, 0.4) is 0 Å². The van der Waals surface area contributed by atoms with Gasteiger partial charge in [-0.2, -0.15) is 5.26 Å². The Kier molecular flexibility index (Phi) is 4.40. The molecule has 2 aromatic rings. The van der Waals surface area contributed by atoms with Crippen LogP contribution >= 0.6 is 0 Å². The lowest BCUT2D eigenvalue weighted by molar-refractivity contribution is 0.300. The summed E-state index contributed by atoms with van der Waals surface area (Å²) < 4.78 is 16.0. The summed E-state index contributed by atoms with van der Waals surface area (Å²) in [4.78, 5) is 3.91. The topological polar surface area (TPSA) is 64.4 Å². The van der Waals surface area contributed by atoms with Crippen LogP contribution in [0.1, 0.15) is 11.3 Å². The van der Waals surface area contributed by atoms with Gasteiger partial charge in [-0.25, -0.2) is 4.98 Å². The van der Waals surface area contributed by atoms with Crippen LogP contribution in [0.25, 0.3) is 0 Å². The SMILES string of the molecule is COc1cc(OC)cc(OCc2ccnc(C#N)c2)c1. The minimum Gasteiger partial charge on any atom is -0.496 e. The maximum atomic E-state index is 8.80. The number of hydrogen-bond donors (Lipinski definition) is 0. The summed E-state index contributed by atoms with van der Waals surface area (Å²) in [5.74, 6) is 1.95. The van der Waals surface area contributed by atoms with Gasteiger partial charge in [0, 0.05) is 24.4 Å². The Labute approximate surface area is 117 Å². The van der Waals surface area contributed by atoms with Crippen LogP contribution in [0.5, 0.6) is 17.2 Å². The zero-order valence-electron chi connectivity index (χ0n) is 11.3. The van der Waals surface area contributed by atoms with Crippen molar-refractivity contribution in [3.63, 3.8) is 0 Å². The largest absolute Gasteiger partial charge is 0.496 e. The molecule has 5 nitrogen and oxygen atoms in total. The van der Waals surface area contributed by atoms with Gasteiger partial charge in [-0.05, 0) is 17.7 Å². The molecule has 0 aliphatic heterocycles. The fourth-order valence-electron chi connectivity index (χ4n) is 1.66. The summed E-state index contributed by atoms with van der Waals surface area (Å²) in [5.41, 5.74) is 1.24. The van der Waals surface area contributed by atoms with Crippen molar-refractivity contribution in [1.29, 1.82) is 5.26 Å². The van der Waals surface area contributed by atoms with Crippen molar-refractivity contribution < 1.29 is 14.2 Å². The second kappa shape index (κ2) is 6.43. The first kappa shape index (κ1) is 13.7. The molecule has 0 saturated heterocycles. The number of pyridine rings is 1. The first-order valence-corrected chi connectivity index (χ1v) is 5.96. The molecule has 0 amide bonds. The molecular formula is C15H14N2O3. The number of ether oxygens (including phenoxy) is 3. The van der Waals surface area contributed by atoms with E-state index in [2.05, 4.69) is 4.98 Å². The standard InChI is InChI=1S/C15H14N2O3/c1-18-13-6-14(19-2)8-15(7-13)20-10-11-3-4-17-12(5-11)9-16/h3-8H,10H2,1-2H3. The smallest absolute Gasteiger partial charge is 0.140 e. The van der Waals surface area contributed by atoms with Gasteiger partial charge >= 0.3 is 0 Å². The molecule has 0 N–H and O–H groups in total. The first-order chi connectivity index (χ1) is 9.75. The number of benzene rings is 1. The van der Waals surface area contributed by atoms with Gasteiger partial charge in [0.15, 0.2) is 0 Å². The van der Waals surface area contributed by atoms with Crippen LogP contribution in [0.4, 0.5) is 0 Å². The normalized spacial score (nSPS) is 9.65. The molecule has 0 aliphatic carbocycles. The molecule has 1 aromatic carbocycles. The monoisotopic (exact) mass is 270 g/mol. The molecule has 0 radical (unpaired) electrons. The summed E-state index contributed by atoms with van der Waals surface area (Å²) in [7, 11) is 3.17. The Hall–Kier alpha value is -2.74. The number of rotatable bonds is 5. The number of aromatic nitrogens is 1. The molecule has 2 rings (SSSR count). The molecule has 0 atom stereocenters. The molecule has 0 aliphatic rings. The van der Waals surface area contributed by atoms with Crippen molar-refractivity contribution in [2.75, 3.05) is 14.2 Å². The average Bonchev–Trinajstić information content (AvgIpc) is 2.52. The molecule has 20 heavy (non-hydrogen) atoms. The van der Waals surface area contributed by atoms with Crippen LogP contribution in [0.2, 0.25) is 0 Å². The lowest BCUT2D eigenvalue weighted by Crippen LogP contribution is -1.98. The second-order valence-electron chi connectivity index (χ2n) is 4.00. The molecule has 0 spiro atoms. The van der Waals surface area contributed by atoms with Gasteiger partial charge in [0.05, 0.1) is 14.2 Å². The van der Waals surface area contributed by atoms with Crippen molar-refractivity contribution >= 4 is 0 Å². The predicted octanol–water partition coefficient (Wildman–Crippen LogP) is 2.55. The minimum absolute atomic E-state index is 0.341. The van der Waals surface area contributed by atoms with Crippen LogP contribution < -0.4 is 14.2 Å². The zero-order valence-corrected chi connectivity index (χ0v) is 11.3. The van der Waals surface area contributed by atoms with E-state index in [4.69, 9.17) is 19.5 Å². The van der Waals surface area contributed by atoms with E-state index in [1.165, 1.54) is 0 Å². The Balaban J connectivity index is 2.12. The Bertz CT molecular complexity index is 613. The molecule has 5 heteroatoms. The lowest BCUT2D eigenvalue weighted by Gasteiger charge is -2.10. The van der Waals surface area contributed by atoms with E-state index in [0.29, 0.717) is 29.5 Å². The zero-order chi connectivity index (χ0) is 14.4. The molecule has 0 saturated carbocycles. The van der Waals surface area contributed by atoms with Gasteiger partial charge in [-0.3, -0.25) is 0 Å². The summed E-state index contributed by atoms with van der Waals surface area (Å²) in [6, 6.07) is 10.8. The van der Waals surface area contributed by atoms with Crippen molar-refractivity contribution in [2.45, 2.75) is 6.61 Å². The van der Waals surface area contributed by atoms with E-state index in [0.717, 1.165) is 5.56 Å². The summed E-state index contributed by atoms with van der Waals surface area (Å²) >= 11 is 0. The van der Waals surface area contributed by atoms with Crippen molar-refractivity contribution in [2.24, 2.45) is 0 Å². The summed E-state index contributed by atoms with van der Waals surface area (Å²) in [6.07, 6.45) is 1.59. The van der Waals surface area contributed by atoms with E-state index in [9.17, 15) is 0 Å². The van der Waals surface area contributed by atoms with Crippen LogP contribution in [0.15, 0.2) is 36.5 Å².